The van der Waals surface area contributed by atoms with Crippen molar-refractivity contribution < 1.29 is 23.5 Å². The molecule has 2 aromatic heterocycles. The summed E-state index contributed by atoms with van der Waals surface area (Å²) in [6.45, 7) is 1.54. The van der Waals surface area contributed by atoms with E-state index in [1.54, 1.807) is 0 Å². The quantitative estimate of drug-likeness (QED) is 0.888. The van der Waals surface area contributed by atoms with Gasteiger partial charge in [-0.15, -0.1) is 0 Å². The number of hydrogen-bond donors (Lipinski definition) is 2. The van der Waals surface area contributed by atoms with E-state index in [1.165, 1.54) is 19.1 Å². The first kappa shape index (κ1) is 13.7. The Balaban J connectivity index is 2.01. The number of hydrogen-bond acceptors (Lipinski definition) is 4. The normalized spacial score (nSPS) is 10.3. The maximum absolute atomic E-state index is 12.7. The summed E-state index contributed by atoms with van der Waals surface area (Å²) >= 11 is 0. The Hall–Kier alpha value is -2.70. The number of carboxylic acid groups (broad SMARTS) is 1. The van der Waals surface area contributed by atoms with E-state index in [4.69, 9.17) is 9.52 Å². The number of nitrogens with one attached hydrogen (secondary N) is 1. The van der Waals surface area contributed by atoms with Crippen LogP contribution in [0.25, 0.3) is 0 Å². The van der Waals surface area contributed by atoms with E-state index in [1.807, 2.05) is 0 Å². The Morgan fingerprint density at radius 2 is 2.20 bits per heavy atom. The van der Waals surface area contributed by atoms with E-state index in [2.05, 4.69) is 10.3 Å². The molecule has 0 aliphatic heterocycles. The third-order valence-electron chi connectivity index (χ3n) is 2.58. The maximum atomic E-state index is 12.7. The van der Waals surface area contributed by atoms with Gasteiger partial charge in [-0.05, 0) is 25.1 Å². The molecular weight excluding hydrogens is 267 g/mol. The zero-order valence-corrected chi connectivity index (χ0v) is 10.5. The lowest BCUT2D eigenvalue weighted by Crippen LogP contribution is -2.23. The van der Waals surface area contributed by atoms with Crippen molar-refractivity contribution in [3.05, 3.63) is 53.0 Å². The highest BCUT2D eigenvalue weighted by molar-refractivity contribution is 5.92. The van der Waals surface area contributed by atoms with Crippen molar-refractivity contribution in [1.82, 2.24) is 10.3 Å². The highest BCUT2D eigenvalue weighted by atomic mass is 19.1. The van der Waals surface area contributed by atoms with Crippen molar-refractivity contribution in [2.24, 2.45) is 0 Å². The summed E-state index contributed by atoms with van der Waals surface area (Å²) in [5.41, 5.74) is 0.113. The molecule has 6 nitrogen and oxygen atoms in total. The molecule has 0 radical (unpaired) electrons. The lowest BCUT2D eigenvalue weighted by atomic mass is 10.2. The van der Waals surface area contributed by atoms with Gasteiger partial charge in [0.05, 0.1) is 12.7 Å². The minimum atomic E-state index is -1.09. The Morgan fingerprint density at radius 1 is 1.45 bits per heavy atom. The number of carbonyl (C=O) groups excluding carboxylic acids is 1. The SMILES string of the molecule is Cc1oc(CNC(=O)c2ccc(F)cn2)cc1C(=O)O. The van der Waals surface area contributed by atoms with Crippen LogP contribution in [0.4, 0.5) is 4.39 Å². The summed E-state index contributed by atoms with van der Waals surface area (Å²) in [4.78, 5) is 26.2. The van der Waals surface area contributed by atoms with E-state index >= 15 is 0 Å². The fourth-order valence-corrected chi connectivity index (χ4v) is 1.61. The predicted molar refractivity (Wildman–Crippen MR) is 65.8 cm³/mol. The molecule has 1 amide bonds. The number of aryl methyl sites for hydroxylation is 1. The zero-order chi connectivity index (χ0) is 14.7. The average molecular weight is 278 g/mol. The number of rotatable bonds is 4. The monoisotopic (exact) mass is 278 g/mol. The van der Waals surface area contributed by atoms with Gasteiger partial charge in [0.2, 0.25) is 0 Å². The molecule has 20 heavy (non-hydrogen) atoms. The molecule has 0 unspecified atom stereocenters. The highest BCUT2D eigenvalue weighted by Crippen LogP contribution is 2.14. The molecule has 0 aromatic carbocycles. The lowest BCUT2D eigenvalue weighted by Gasteiger charge is -2.02. The summed E-state index contributed by atoms with van der Waals surface area (Å²) in [5, 5.41) is 11.4. The van der Waals surface area contributed by atoms with Gasteiger partial charge in [0.15, 0.2) is 0 Å². The zero-order valence-electron chi connectivity index (χ0n) is 10.5. The smallest absolute Gasteiger partial charge is 0.339 e. The van der Waals surface area contributed by atoms with Crippen molar-refractivity contribution in [3.8, 4) is 0 Å². The van der Waals surface area contributed by atoms with Crippen molar-refractivity contribution in [1.29, 1.82) is 0 Å². The molecule has 0 aliphatic carbocycles. The van der Waals surface area contributed by atoms with Gasteiger partial charge in [-0.1, -0.05) is 0 Å². The van der Waals surface area contributed by atoms with Gasteiger partial charge in [-0.3, -0.25) is 4.79 Å². The molecule has 0 bridgehead atoms. The summed E-state index contributed by atoms with van der Waals surface area (Å²) in [6.07, 6.45) is 0.939. The van der Waals surface area contributed by atoms with Crippen LogP contribution < -0.4 is 5.32 Å². The van der Waals surface area contributed by atoms with Crippen LogP contribution in [-0.4, -0.2) is 22.0 Å². The third kappa shape index (κ3) is 3.00. The molecule has 7 heteroatoms. The van der Waals surface area contributed by atoms with Crippen LogP contribution in [0.2, 0.25) is 0 Å². The van der Waals surface area contributed by atoms with Gasteiger partial charge in [-0.25, -0.2) is 14.2 Å². The molecule has 2 rings (SSSR count). The highest BCUT2D eigenvalue weighted by Gasteiger charge is 2.14. The second-order valence-electron chi connectivity index (χ2n) is 4.03. The first-order valence-corrected chi connectivity index (χ1v) is 5.69. The lowest BCUT2D eigenvalue weighted by molar-refractivity contribution is 0.0694. The standard InChI is InChI=1S/C13H11FN2O4/c1-7-10(13(18)19)4-9(20-7)6-16-12(17)11-3-2-8(14)5-15-11/h2-5H,6H2,1H3,(H,16,17)(H,18,19). The van der Waals surface area contributed by atoms with Crippen molar-refractivity contribution in [2.45, 2.75) is 13.5 Å². The summed E-state index contributed by atoms with van der Waals surface area (Å²) in [7, 11) is 0. The summed E-state index contributed by atoms with van der Waals surface area (Å²) < 4.78 is 17.9. The molecule has 2 heterocycles. The summed E-state index contributed by atoms with van der Waals surface area (Å²) in [6, 6.07) is 3.72. The van der Waals surface area contributed by atoms with Crippen molar-refractivity contribution in [3.63, 3.8) is 0 Å². The van der Waals surface area contributed by atoms with Crippen LogP contribution in [0.3, 0.4) is 0 Å². The number of furan rings is 1. The fraction of sp³-hybridized carbons (Fsp3) is 0.154. The molecule has 2 N–H and O–H groups in total. The van der Waals surface area contributed by atoms with Crippen LogP contribution >= 0.6 is 0 Å². The van der Waals surface area contributed by atoms with Crippen LogP contribution in [0.5, 0.6) is 0 Å². The van der Waals surface area contributed by atoms with Gasteiger partial charge >= 0.3 is 5.97 Å². The fourth-order valence-electron chi connectivity index (χ4n) is 1.61. The van der Waals surface area contributed by atoms with E-state index in [-0.39, 0.29) is 23.6 Å². The van der Waals surface area contributed by atoms with Gasteiger partial charge < -0.3 is 14.8 Å². The van der Waals surface area contributed by atoms with Crippen molar-refractivity contribution >= 4 is 11.9 Å². The van der Waals surface area contributed by atoms with Gasteiger partial charge in [0.1, 0.15) is 28.6 Å². The largest absolute Gasteiger partial charge is 0.478 e. The predicted octanol–water partition coefficient (Wildman–Crippen LogP) is 1.75. The van der Waals surface area contributed by atoms with Crippen LogP contribution in [0.15, 0.2) is 28.8 Å². The number of carboxylic acids is 1. The number of halogens is 1. The molecule has 0 saturated carbocycles. The molecule has 0 fully saturated rings. The maximum Gasteiger partial charge on any atom is 0.339 e. The van der Waals surface area contributed by atoms with Crippen LogP contribution in [0, 0.1) is 12.7 Å². The molecule has 0 saturated heterocycles. The Labute approximate surface area is 113 Å². The molecule has 2 aromatic rings. The first-order chi connectivity index (χ1) is 9.47. The second kappa shape index (κ2) is 5.52. The van der Waals surface area contributed by atoms with E-state index < -0.39 is 17.7 Å². The molecular formula is C13H11FN2O4. The topological polar surface area (TPSA) is 92.4 Å². The minimum absolute atomic E-state index is 0.0199. The molecule has 0 atom stereocenters. The van der Waals surface area contributed by atoms with E-state index in [0.717, 1.165) is 12.3 Å². The van der Waals surface area contributed by atoms with Gasteiger partial charge in [0, 0.05) is 0 Å². The Bertz CT molecular complexity index is 649. The Morgan fingerprint density at radius 3 is 2.75 bits per heavy atom. The van der Waals surface area contributed by atoms with Crippen LogP contribution in [-0.2, 0) is 6.54 Å². The van der Waals surface area contributed by atoms with Crippen LogP contribution in [0.1, 0.15) is 32.4 Å². The third-order valence-corrected chi connectivity index (χ3v) is 2.58. The van der Waals surface area contributed by atoms with E-state index in [0.29, 0.717) is 5.76 Å². The number of carbonyl (C=O) groups is 2. The minimum Gasteiger partial charge on any atom is -0.478 e. The number of aromatic nitrogens is 1. The average Bonchev–Trinajstić information content (AvgIpc) is 2.78. The van der Waals surface area contributed by atoms with Crippen molar-refractivity contribution in [2.75, 3.05) is 0 Å². The molecule has 0 aliphatic rings. The second-order valence-corrected chi connectivity index (χ2v) is 4.03. The number of nitrogens with zero attached hydrogens (tertiary/aromatic N) is 1. The first-order valence-electron chi connectivity index (χ1n) is 5.69. The van der Waals surface area contributed by atoms with E-state index in [9.17, 15) is 14.0 Å². The van der Waals surface area contributed by atoms with Gasteiger partial charge in [-0.2, -0.15) is 0 Å². The molecule has 104 valence electrons. The number of pyridine rings is 1. The summed E-state index contributed by atoms with van der Waals surface area (Å²) in [5.74, 6) is -1.55. The Kier molecular flexibility index (Phi) is 3.79. The van der Waals surface area contributed by atoms with Gasteiger partial charge in [0.25, 0.3) is 5.91 Å². The molecule has 0 spiro atoms. The number of aromatic carboxylic acids is 1. The number of amides is 1.